The second kappa shape index (κ2) is 9.64. The van der Waals surface area contributed by atoms with E-state index < -0.39 is 0 Å². The summed E-state index contributed by atoms with van der Waals surface area (Å²) in [6.45, 7) is 5.06. The van der Waals surface area contributed by atoms with Gasteiger partial charge in [-0.25, -0.2) is 0 Å². The number of amides is 2. The van der Waals surface area contributed by atoms with Crippen molar-refractivity contribution in [2.75, 3.05) is 26.2 Å². The van der Waals surface area contributed by atoms with Crippen LogP contribution in [-0.2, 0) is 4.79 Å². The molecule has 2 amide bonds. The van der Waals surface area contributed by atoms with Crippen LogP contribution in [0.5, 0.6) is 0 Å². The van der Waals surface area contributed by atoms with Gasteiger partial charge < -0.3 is 15.5 Å². The first-order valence-electron chi connectivity index (χ1n) is 8.61. The van der Waals surface area contributed by atoms with E-state index >= 15 is 0 Å². The van der Waals surface area contributed by atoms with Crippen LogP contribution in [0.4, 0.5) is 0 Å². The summed E-state index contributed by atoms with van der Waals surface area (Å²) in [5.74, 6) is -0.437. The molecule has 1 atom stereocenters. The Balaban J connectivity index is 1.59. The monoisotopic (exact) mass is 351 g/mol. The van der Waals surface area contributed by atoms with Crippen molar-refractivity contribution >= 4 is 23.4 Å². The Hall–Kier alpha value is -1.59. The van der Waals surface area contributed by atoms with Gasteiger partial charge in [0.25, 0.3) is 5.91 Å². The van der Waals surface area contributed by atoms with E-state index in [1.807, 2.05) is 0 Å². The molecule has 1 heterocycles. The van der Waals surface area contributed by atoms with E-state index in [9.17, 15) is 9.59 Å². The molecule has 1 aromatic carbocycles. The van der Waals surface area contributed by atoms with Gasteiger partial charge in [-0.1, -0.05) is 18.0 Å². The van der Waals surface area contributed by atoms with Crippen LogP contribution in [0.15, 0.2) is 24.3 Å². The van der Waals surface area contributed by atoms with E-state index in [2.05, 4.69) is 22.5 Å². The van der Waals surface area contributed by atoms with E-state index in [1.165, 1.54) is 19.3 Å². The fourth-order valence-corrected chi connectivity index (χ4v) is 3.05. The number of nitrogens with zero attached hydrogens (tertiary/aromatic N) is 1. The van der Waals surface area contributed by atoms with E-state index in [0.29, 0.717) is 23.2 Å². The zero-order valence-corrected chi connectivity index (χ0v) is 14.9. The summed E-state index contributed by atoms with van der Waals surface area (Å²) in [5, 5.41) is 6.04. The van der Waals surface area contributed by atoms with Crippen molar-refractivity contribution in [2.45, 2.75) is 38.6 Å². The summed E-state index contributed by atoms with van der Waals surface area (Å²) in [4.78, 5) is 26.2. The number of carbonyl (C=O) groups excluding carboxylic acids is 2. The van der Waals surface area contributed by atoms with E-state index in [1.54, 1.807) is 24.3 Å². The summed E-state index contributed by atoms with van der Waals surface area (Å²) in [6, 6.07) is 7.22. The molecule has 0 aliphatic carbocycles. The SMILES string of the molecule is C[C@H]1CCCCN1CCCNC(=O)CNC(=O)c1ccc(Cl)cc1. The third-order valence-corrected chi connectivity index (χ3v) is 4.65. The zero-order valence-electron chi connectivity index (χ0n) is 14.2. The van der Waals surface area contributed by atoms with Crippen molar-refractivity contribution in [1.29, 1.82) is 0 Å². The molecule has 2 N–H and O–H groups in total. The molecule has 1 saturated heterocycles. The second-order valence-corrected chi connectivity index (χ2v) is 6.71. The molecule has 0 saturated carbocycles. The van der Waals surface area contributed by atoms with Gasteiger partial charge in [0.2, 0.25) is 5.91 Å². The third kappa shape index (κ3) is 6.13. The molecule has 1 aromatic rings. The fourth-order valence-electron chi connectivity index (χ4n) is 2.93. The molecule has 5 nitrogen and oxygen atoms in total. The summed E-state index contributed by atoms with van der Waals surface area (Å²) in [5.41, 5.74) is 0.492. The van der Waals surface area contributed by atoms with E-state index in [4.69, 9.17) is 11.6 Å². The maximum atomic E-state index is 11.9. The number of halogens is 1. The summed E-state index contributed by atoms with van der Waals surface area (Å²) >= 11 is 5.78. The molecule has 0 radical (unpaired) electrons. The van der Waals surface area contributed by atoms with Gasteiger partial charge in [-0.05, 0) is 57.0 Å². The Morgan fingerprint density at radius 2 is 1.96 bits per heavy atom. The van der Waals surface area contributed by atoms with Crippen LogP contribution in [0, 0.1) is 0 Å². The standard InChI is InChI=1S/C18H26ClN3O2/c1-14-5-2-3-11-22(14)12-4-10-20-17(23)13-21-18(24)15-6-8-16(19)9-7-15/h6-9,14H,2-5,10-13H2,1H3,(H,20,23)(H,21,24)/t14-/m0/s1. The quantitative estimate of drug-likeness (QED) is 0.742. The molecule has 2 rings (SSSR count). The number of hydrogen-bond donors (Lipinski definition) is 2. The average molecular weight is 352 g/mol. The molecule has 6 heteroatoms. The van der Waals surface area contributed by atoms with Gasteiger partial charge in [0.1, 0.15) is 0 Å². The van der Waals surface area contributed by atoms with Crippen LogP contribution in [0.25, 0.3) is 0 Å². The first kappa shape index (κ1) is 18.7. The molecule has 24 heavy (non-hydrogen) atoms. The van der Waals surface area contributed by atoms with Crippen LogP contribution in [-0.4, -0.2) is 48.9 Å². The van der Waals surface area contributed by atoms with Crippen molar-refractivity contribution in [3.8, 4) is 0 Å². The van der Waals surface area contributed by atoms with Gasteiger partial charge in [-0.15, -0.1) is 0 Å². The lowest BCUT2D eigenvalue weighted by Crippen LogP contribution is -2.40. The Bertz CT molecular complexity index is 548. The number of hydrogen-bond acceptors (Lipinski definition) is 3. The highest BCUT2D eigenvalue weighted by Gasteiger charge is 2.17. The van der Waals surface area contributed by atoms with Crippen molar-refractivity contribution < 1.29 is 9.59 Å². The zero-order chi connectivity index (χ0) is 17.4. The number of carbonyl (C=O) groups is 2. The number of rotatable bonds is 7. The predicted octanol–water partition coefficient (Wildman–Crippen LogP) is 2.45. The molecule has 1 fully saturated rings. The van der Waals surface area contributed by atoms with Crippen LogP contribution >= 0.6 is 11.6 Å². The minimum absolute atomic E-state index is 0.0123. The molecule has 0 unspecified atom stereocenters. The molecule has 0 bridgehead atoms. The van der Waals surface area contributed by atoms with Gasteiger partial charge in [0.05, 0.1) is 6.54 Å². The van der Waals surface area contributed by atoms with Crippen molar-refractivity contribution in [3.63, 3.8) is 0 Å². The molecular weight excluding hydrogens is 326 g/mol. The van der Waals surface area contributed by atoms with Gasteiger partial charge in [-0.3, -0.25) is 9.59 Å². The molecule has 1 aliphatic rings. The fraction of sp³-hybridized carbons (Fsp3) is 0.556. The maximum absolute atomic E-state index is 11.9. The lowest BCUT2D eigenvalue weighted by atomic mass is 10.0. The Morgan fingerprint density at radius 1 is 1.21 bits per heavy atom. The normalized spacial score (nSPS) is 18.2. The van der Waals surface area contributed by atoms with Crippen molar-refractivity contribution in [3.05, 3.63) is 34.9 Å². The first-order chi connectivity index (χ1) is 11.6. The summed E-state index contributed by atoms with van der Waals surface area (Å²) < 4.78 is 0. The molecule has 0 aromatic heterocycles. The van der Waals surface area contributed by atoms with E-state index in [0.717, 1.165) is 19.5 Å². The predicted molar refractivity (Wildman–Crippen MR) is 96.3 cm³/mol. The van der Waals surface area contributed by atoms with Crippen LogP contribution in [0.2, 0.25) is 5.02 Å². The number of likely N-dealkylation sites (tertiary alicyclic amines) is 1. The van der Waals surface area contributed by atoms with Gasteiger partial charge >= 0.3 is 0 Å². The highest BCUT2D eigenvalue weighted by Crippen LogP contribution is 2.16. The number of nitrogens with one attached hydrogen (secondary N) is 2. The Morgan fingerprint density at radius 3 is 2.67 bits per heavy atom. The van der Waals surface area contributed by atoms with Crippen LogP contribution in [0.3, 0.4) is 0 Å². The highest BCUT2D eigenvalue weighted by molar-refractivity contribution is 6.30. The van der Waals surface area contributed by atoms with Crippen LogP contribution < -0.4 is 10.6 Å². The maximum Gasteiger partial charge on any atom is 0.251 e. The molecule has 1 aliphatic heterocycles. The molecule has 0 spiro atoms. The van der Waals surface area contributed by atoms with Crippen molar-refractivity contribution in [1.82, 2.24) is 15.5 Å². The number of piperidine rings is 1. The van der Waals surface area contributed by atoms with Crippen LogP contribution in [0.1, 0.15) is 43.0 Å². The smallest absolute Gasteiger partial charge is 0.251 e. The van der Waals surface area contributed by atoms with Gasteiger partial charge in [0, 0.05) is 29.7 Å². The molecular formula is C18H26ClN3O2. The Kier molecular flexibility index (Phi) is 7.53. The summed E-state index contributed by atoms with van der Waals surface area (Å²) in [6.07, 6.45) is 4.79. The summed E-state index contributed by atoms with van der Waals surface area (Å²) in [7, 11) is 0. The lowest BCUT2D eigenvalue weighted by molar-refractivity contribution is -0.120. The minimum atomic E-state index is -0.274. The topological polar surface area (TPSA) is 61.4 Å². The minimum Gasteiger partial charge on any atom is -0.355 e. The lowest BCUT2D eigenvalue weighted by Gasteiger charge is -2.33. The average Bonchev–Trinajstić information content (AvgIpc) is 2.58. The van der Waals surface area contributed by atoms with Gasteiger partial charge in [-0.2, -0.15) is 0 Å². The highest BCUT2D eigenvalue weighted by atomic mass is 35.5. The molecule has 132 valence electrons. The van der Waals surface area contributed by atoms with Crippen molar-refractivity contribution in [2.24, 2.45) is 0 Å². The first-order valence-corrected chi connectivity index (χ1v) is 8.98. The number of benzene rings is 1. The second-order valence-electron chi connectivity index (χ2n) is 6.27. The van der Waals surface area contributed by atoms with E-state index in [-0.39, 0.29) is 18.4 Å². The largest absolute Gasteiger partial charge is 0.355 e. The third-order valence-electron chi connectivity index (χ3n) is 4.40. The Labute approximate surface area is 148 Å². The van der Waals surface area contributed by atoms with Gasteiger partial charge in [0.15, 0.2) is 0 Å².